The van der Waals surface area contributed by atoms with Gasteiger partial charge in [0.1, 0.15) is 0 Å². The summed E-state index contributed by atoms with van der Waals surface area (Å²) in [6.07, 6.45) is 0. The number of rotatable bonds is 4. The minimum atomic E-state index is -0.916. The van der Waals surface area contributed by atoms with Crippen molar-refractivity contribution in [2.24, 2.45) is 0 Å². The van der Waals surface area contributed by atoms with Crippen LogP contribution in [0.5, 0.6) is 0 Å². The molecule has 1 N–H and O–H groups in total. The second-order valence-electron chi connectivity index (χ2n) is 6.45. The fourth-order valence-corrected chi connectivity index (χ4v) is 2.55. The maximum Gasteiger partial charge on any atom is 0.255 e. The van der Waals surface area contributed by atoms with E-state index < -0.39 is 5.60 Å². The van der Waals surface area contributed by atoms with Crippen molar-refractivity contribution in [1.29, 1.82) is 0 Å². The van der Waals surface area contributed by atoms with E-state index in [1.807, 2.05) is 45.0 Å². The number of aliphatic hydroxyl groups is 1. The van der Waals surface area contributed by atoms with Gasteiger partial charge in [0.25, 0.3) is 5.91 Å². The molecule has 4 nitrogen and oxygen atoms in total. The Balaban J connectivity index is 2.42. The van der Waals surface area contributed by atoms with Crippen molar-refractivity contribution in [3.05, 3.63) is 41.1 Å². The molecule has 0 unspecified atom stereocenters. The molecule has 0 aliphatic heterocycles. The van der Waals surface area contributed by atoms with Crippen LogP contribution in [0.4, 0.5) is 0 Å². The van der Waals surface area contributed by atoms with Gasteiger partial charge in [-0.05, 0) is 52.3 Å². The fraction of sp³-hybridized carbons (Fsp3) is 0.444. The summed E-state index contributed by atoms with van der Waals surface area (Å²) in [7, 11) is 0. The molecular formula is C18H24N2O2. The lowest BCUT2D eigenvalue weighted by atomic mass is 10.1. The van der Waals surface area contributed by atoms with Crippen LogP contribution in [0.2, 0.25) is 0 Å². The SMILES string of the molecule is CCN(CC(C)(C)O)C(=O)c1cc2ccc(C)cc2nc1C. The van der Waals surface area contributed by atoms with E-state index in [2.05, 4.69) is 4.98 Å². The minimum absolute atomic E-state index is 0.0860. The van der Waals surface area contributed by atoms with Crippen molar-refractivity contribution >= 4 is 16.8 Å². The minimum Gasteiger partial charge on any atom is -0.389 e. The highest BCUT2D eigenvalue weighted by Crippen LogP contribution is 2.20. The summed E-state index contributed by atoms with van der Waals surface area (Å²) < 4.78 is 0. The Kier molecular flexibility index (Phi) is 4.52. The molecule has 4 heteroatoms. The van der Waals surface area contributed by atoms with E-state index in [1.165, 1.54) is 0 Å². The molecule has 0 spiro atoms. The van der Waals surface area contributed by atoms with E-state index in [9.17, 15) is 9.90 Å². The average molecular weight is 300 g/mol. The monoisotopic (exact) mass is 300 g/mol. The molecule has 1 amide bonds. The summed E-state index contributed by atoms with van der Waals surface area (Å²) in [5, 5.41) is 10.9. The first kappa shape index (κ1) is 16.4. The quantitative estimate of drug-likeness (QED) is 0.944. The highest BCUT2D eigenvalue weighted by atomic mass is 16.3. The maximum atomic E-state index is 12.8. The molecule has 0 radical (unpaired) electrons. The van der Waals surface area contributed by atoms with Crippen LogP contribution in [0.1, 0.15) is 42.4 Å². The summed E-state index contributed by atoms with van der Waals surface area (Å²) in [6, 6.07) is 7.92. The number of aryl methyl sites for hydroxylation is 2. The van der Waals surface area contributed by atoms with Crippen LogP contribution in [0.25, 0.3) is 10.9 Å². The van der Waals surface area contributed by atoms with Gasteiger partial charge in [-0.1, -0.05) is 12.1 Å². The van der Waals surface area contributed by atoms with Gasteiger partial charge in [-0.25, -0.2) is 0 Å². The topological polar surface area (TPSA) is 53.4 Å². The molecule has 2 rings (SSSR count). The smallest absolute Gasteiger partial charge is 0.255 e. The Morgan fingerprint density at radius 1 is 1.27 bits per heavy atom. The van der Waals surface area contributed by atoms with E-state index in [4.69, 9.17) is 0 Å². The van der Waals surface area contributed by atoms with Crippen LogP contribution < -0.4 is 0 Å². The highest BCUT2D eigenvalue weighted by molar-refractivity contribution is 5.98. The Morgan fingerprint density at radius 3 is 2.55 bits per heavy atom. The number of carbonyl (C=O) groups is 1. The molecule has 2 aromatic rings. The molecule has 0 aliphatic carbocycles. The fourth-order valence-electron chi connectivity index (χ4n) is 2.55. The van der Waals surface area contributed by atoms with E-state index >= 15 is 0 Å². The number of aromatic nitrogens is 1. The third-order valence-electron chi connectivity index (χ3n) is 3.64. The van der Waals surface area contributed by atoms with Gasteiger partial charge in [0.05, 0.1) is 22.4 Å². The zero-order chi connectivity index (χ0) is 16.5. The number of pyridine rings is 1. The van der Waals surface area contributed by atoms with Crippen LogP contribution in [-0.2, 0) is 0 Å². The van der Waals surface area contributed by atoms with Gasteiger partial charge in [0.2, 0.25) is 0 Å². The first-order chi connectivity index (χ1) is 10.2. The predicted octanol–water partition coefficient (Wildman–Crippen LogP) is 3.08. The molecular weight excluding hydrogens is 276 g/mol. The first-order valence-electron chi connectivity index (χ1n) is 7.61. The highest BCUT2D eigenvalue weighted by Gasteiger charge is 2.23. The largest absolute Gasteiger partial charge is 0.389 e. The Morgan fingerprint density at radius 2 is 1.95 bits per heavy atom. The van der Waals surface area contributed by atoms with E-state index in [1.54, 1.807) is 18.7 Å². The van der Waals surface area contributed by atoms with Crippen LogP contribution in [0.15, 0.2) is 24.3 Å². The Labute approximate surface area is 131 Å². The predicted molar refractivity (Wildman–Crippen MR) is 89.1 cm³/mol. The molecule has 0 aliphatic rings. The van der Waals surface area contributed by atoms with Crippen molar-refractivity contribution in [2.45, 2.75) is 40.2 Å². The van der Waals surface area contributed by atoms with Gasteiger partial charge >= 0.3 is 0 Å². The van der Waals surface area contributed by atoms with E-state index in [-0.39, 0.29) is 5.91 Å². The van der Waals surface area contributed by atoms with Gasteiger partial charge in [0, 0.05) is 18.5 Å². The van der Waals surface area contributed by atoms with Gasteiger partial charge < -0.3 is 10.0 Å². The van der Waals surface area contributed by atoms with Crippen LogP contribution >= 0.6 is 0 Å². The zero-order valence-electron chi connectivity index (χ0n) is 14.0. The molecule has 1 aromatic heterocycles. The molecule has 118 valence electrons. The number of fused-ring (bicyclic) bond motifs is 1. The summed E-state index contributed by atoms with van der Waals surface area (Å²) in [6.45, 7) is 10.1. The number of hydrogen-bond donors (Lipinski definition) is 1. The Bertz CT molecular complexity index is 702. The van der Waals surface area contributed by atoms with Crippen LogP contribution in [0.3, 0.4) is 0 Å². The summed E-state index contributed by atoms with van der Waals surface area (Å²) in [5.41, 5.74) is 2.45. The summed E-state index contributed by atoms with van der Waals surface area (Å²) in [5.74, 6) is -0.0860. The molecule has 0 fully saturated rings. The Hall–Kier alpha value is -1.94. The standard InChI is InChI=1S/C18H24N2O2/c1-6-20(11-18(4,5)22)17(21)15-10-14-8-7-12(2)9-16(14)19-13(15)3/h7-10,22H,6,11H2,1-5H3. The number of carbonyl (C=O) groups excluding carboxylic acids is 1. The zero-order valence-corrected chi connectivity index (χ0v) is 14.0. The third-order valence-corrected chi connectivity index (χ3v) is 3.64. The van der Waals surface area contributed by atoms with Crippen LogP contribution in [0, 0.1) is 13.8 Å². The summed E-state index contributed by atoms with van der Waals surface area (Å²) in [4.78, 5) is 19.0. The second kappa shape index (κ2) is 6.05. The third kappa shape index (κ3) is 3.63. The van der Waals surface area contributed by atoms with Gasteiger partial charge in [0.15, 0.2) is 0 Å². The first-order valence-corrected chi connectivity index (χ1v) is 7.61. The number of benzene rings is 1. The lowest BCUT2D eigenvalue weighted by Crippen LogP contribution is -2.42. The molecule has 22 heavy (non-hydrogen) atoms. The lowest BCUT2D eigenvalue weighted by Gasteiger charge is -2.28. The van der Waals surface area contributed by atoms with Crippen LogP contribution in [-0.4, -0.2) is 39.6 Å². The van der Waals surface area contributed by atoms with E-state index in [0.29, 0.717) is 18.7 Å². The molecule has 1 heterocycles. The van der Waals surface area contributed by atoms with Gasteiger partial charge in [-0.15, -0.1) is 0 Å². The molecule has 0 saturated heterocycles. The summed E-state index contributed by atoms with van der Waals surface area (Å²) >= 11 is 0. The normalized spacial score (nSPS) is 11.7. The van der Waals surface area contributed by atoms with E-state index in [0.717, 1.165) is 22.2 Å². The number of likely N-dealkylation sites (N-methyl/N-ethyl adjacent to an activating group) is 1. The molecule has 0 atom stereocenters. The van der Waals surface area contributed by atoms with Crippen molar-refractivity contribution in [3.8, 4) is 0 Å². The second-order valence-corrected chi connectivity index (χ2v) is 6.45. The van der Waals surface area contributed by atoms with Gasteiger partial charge in [-0.2, -0.15) is 0 Å². The molecule has 1 aromatic carbocycles. The van der Waals surface area contributed by atoms with Crippen molar-refractivity contribution in [3.63, 3.8) is 0 Å². The molecule has 0 bridgehead atoms. The maximum absolute atomic E-state index is 12.8. The van der Waals surface area contributed by atoms with Gasteiger partial charge in [-0.3, -0.25) is 9.78 Å². The molecule has 0 saturated carbocycles. The van der Waals surface area contributed by atoms with Crippen molar-refractivity contribution in [1.82, 2.24) is 9.88 Å². The van der Waals surface area contributed by atoms with Crippen molar-refractivity contribution in [2.75, 3.05) is 13.1 Å². The average Bonchev–Trinajstić information content (AvgIpc) is 2.42. The van der Waals surface area contributed by atoms with Crippen molar-refractivity contribution < 1.29 is 9.90 Å². The lowest BCUT2D eigenvalue weighted by molar-refractivity contribution is 0.0314. The number of hydrogen-bond acceptors (Lipinski definition) is 3. The number of amides is 1. The number of nitrogens with zero attached hydrogens (tertiary/aromatic N) is 2.